The van der Waals surface area contributed by atoms with Gasteiger partial charge in [-0.1, -0.05) is 48.5 Å². The van der Waals surface area contributed by atoms with Gasteiger partial charge in [-0.3, -0.25) is 9.48 Å². The molecule has 1 unspecified atom stereocenters. The number of aromatic nitrogens is 2. The van der Waals surface area contributed by atoms with Crippen molar-refractivity contribution in [3.05, 3.63) is 71.4 Å². The predicted molar refractivity (Wildman–Crippen MR) is 140 cm³/mol. The molecule has 0 saturated carbocycles. The fourth-order valence-corrected chi connectivity index (χ4v) is 7.41. The van der Waals surface area contributed by atoms with Crippen molar-refractivity contribution in [2.24, 2.45) is 0 Å². The molecule has 0 aliphatic carbocycles. The number of rotatable bonds is 5. The molecule has 0 radical (unpaired) electrons. The van der Waals surface area contributed by atoms with Crippen LogP contribution in [0.4, 0.5) is 0 Å². The van der Waals surface area contributed by atoms with Crippen LogP contribution in [0.5, 0.6) is 0 Å². The number of carbonyl (C=O) groups is 1. The van der Waals surface area contributed by atoms with Crippen LogP contribution in [0, 0.1) is 0 Å². The van der Waals surface area contributed by atoms with E-state index in [2.05, 4.69) is 29.2 Å². The van der Waals surface area contributed by atoms with Crippen LogP contribution in [-0.2, 0) is 26.7 Å². The van der Waals surface area contributed by atoms with E-state index in [4.69, 9.17) is 9.84 Å². The van der Waals surface area contributed by atoms with E-state index in [1.165, 1.54) is 5.56 Å². The van der Waals surface area contributed by atoms with Crippen LogP contribution in [0.1, 0.15) is 40.5 Å². The van der Waals surface area contributed by atoms with Crippen molar-refractivity contribution in [3.8, 4) is 11.3 Å². The molecule has 3 aliphatic rings. The fourth-order valence-electron chi connectivity index (χ4n) is 5.81. The third kappa shape index (κ3) is 4.71. The first-order chi connectivity index (χ1) is 18.0. The highest BCUT2D eigenvalue weighted by molar-refractivity contribution is 7.90. The number of ether oxygens (including phenoxy) is 1. The maximum Gasteiger partial charge on any atom is 0.274 e. The van der Waals surface area contributed by atoms with Gasteiger partial charge in [-0.05, 0) is 37.4 Å². The summed E-state index contributed by atoms with van der Waals surface area (Å²) in [5.41, 5.74) is 3.57. The number of morpholine rings is 1. The minimum Gasteiger partial charge on any atom is -0.378 e. The predicted octanol–water partition coefficient (Wildman–Crippen LogP) is 3.19. The molecule has 3 aromatic rings. The lowest BCUT2D eigenvalue weighted by Crippen LogP contribution is -2.41. The van der Waals surface area contributed by atoms with Crippen LogP contribution in [0.25, 0.3) is 11.3 Å². The summed E-state index contributed by atoms with van der Waals surface area (Å²) in [6.45, 7) is 4.73. The number of piperidine rings is 1. The summed E-state index contributed by atoms with van der Waals surface area (Å²) < 4.78 is 33.9. The number of hydrogen-bond donors (Lipinski definition) is 0. The molecule has 0 spiro atoms. The van der Waals surface area contributed by atoms with Gasteiger partial charge in [0.1, 0.15) is 0 Å². The first kappa shape index (κ1) is 24.3. The number of nitrogens with zero attached hydrogens (tertiary/aromatic N) is 4. The van der Waals surface area contributed by atoms with Gasteiger partial charge in [-0.25, -0.2) is 8.42 Å². The van der Waals surface area contributed by atoms with Crippen molar-refractivity contribution in [2.45, 2.75) is 36.0 Å². The summed E-state index contributed by atoms with van der Waals surface area (Å²) >= 11 is 0. The first-order valence-corrected chi connectivity index (χ1v) is 14.7. The average Bonchev–Trinajstić information content (AvgIpc) is 3.31. The molecule has 8 nitrogen and oxygen atoms in total. The zero-order chi connectivity index (χ0) is 25.4. The lowest BCUT2D eigenvalue weighted by atomic mass is 10.0. The molecule has 0 N–H and O–H groups in total. The molecule has 2 aromatic carbocycles. The number of fused-ring (bicyclic) bond motifs is 3. The van der Waals surface area contributed by atoms with Crippen molar-refractivity contribution in [2.75, 3.05) is 45.9 Å². The van der Waals surface area contributed by atoms with Gasteiger partial charge in [-0.2, -0.15) is 5.10 Å². The molecule has 2 fully saturated rings. The van der Waals surface area contributed by atoms with Crippen LogP contribution in [0.2, 0.25) is 0 Å². The highest BCUT2D eigenvalue weighted by Crippen LogP contribution is 2.41. The molecule has 1 amide bonds. The van der Waals surface area contributed by atoms with Gasteiger partial charge >= 0.3 is 0 Å². The van der Waals surface area contributed by atoms with E-state index in [9.17, 15) is 13.2 Å². The molecule has 3 aliphatic heterocycles. The Labute approximate surface area is 217 Å². The number of benzene rings is 2. The Morgan fingerprint density at radius 1 is 1.00 bits per heavy atom. The van der Waals surface area contributed by atoms with Crippen molar-refractivity contribution in [1.29, 1.82) is 0 Å². The van der Waals surface area contributed by atoms with Crippen LogP contribution in [0.15, 0.2) is 59.5 Å². The molecular formula is C28H32N4O4S. The number of carbonyl (C=O) groups excluding carboxylic acids is 1. The Morgan fingerprint density at radius 3 is 2.57 bits per heavy atom. The Bertz CT molecular complexity index is 1400. The monoisotopic (exact) mass is 520 g/mol. The lowest BCUT2D eigenvalue weighted by Gasteiger charge is -2.34. The van der Waals surface area contributed by atoms with Crippen molar-refractivity contribution in [1.82, 2.24) is 19.6 Å². The largest absolute Gasteiger partial charge is 0.378 e. The molecule has 4 heterocycles. The smallest absolute Gasteiger partial charge is 0.274 e. The molecular weight excluding hydrogens is 488 g/mol. The van der Waals surface area contributed by atoms with E-state index in [1.54, 1.807) is 17.0 Å². The minimum atomic E-state index is -3.57. The summed E-state index contributed by atoms with van der Waals surface area (Å²) in [4.78, 5) is 18.1. The second-order valence-corrected chi connectivity index (χ2v) is 12.1. The molecule has 9 heteroatoms. The van der Waals surface area contributed by atoms with Crippen molar-refractivity contribution < 1.29 is 17.9 Å². The maximum atomic E-state index is 13.6. The Kier molecular flexibility index (Phi) is 6.60. The SMILES string of the molecule is O=C(c1nn(C2CCCN(CCc3ccccc3)C2)c2c1CS(=O)(=O)c1ccccc1-2)N1CCOCC1. The number of sulfone groups is 1. The zero-order valence-electron chi connectivity index (χ0n) is 20.9. The highest BCUT2D eigenvalue weighted by Gasteiger charge is 2.38. The standard InChI is InChI=1S/C28H32N4O4S/c33-28(31-15-17-36-18-16-31)26-24-20-37(34,35)25-11-5-4-10-23(25)27(24)32(29-26)22-9-6-13-30(19-22)14-12-21-7-2-1-3-8-21/h1-5,7-8,10-11,22H,6,9,12-20H2. The fraction of sp³-hybridized carbons (Fsp3) is 0.429. The van der Waals surface area contributed by atoms with Crippen LogP contribution >= 0.6 is 0 Å². The normalized spacial score (nSPS) is 21.3. The summed E-state index contributed by atoms with van der Waals surface area (Å²) in [5.74, 6) is -0.403. The summed E-state index contributed by atoms with van der Waals surface area (Å²) in [5, 5.41) is 4.90. The summed E-state index contributed by atoms with van der Waals surface area (Å²) in [7, 11) is -3.57. The second kappa shape index (κ2) is 10.0. The van der Waals surface area contributed by atoms with Gasteiger partial charge in [0.15, 0.2) is 15.5 Å². The Hall–Kier alpha value is -3.01. The van der Waals surface area contributed by atoms with Crippen LogP contribution in [0.3, 0.4) is 0 Å². The molecule has 194 valence electrons. The second-order valence-electron chi connectivity index (χ2n) is 10.1. The van der Waals surface area contributed by atoms with Gasteiger partial charge in [0.2, 0.25) is 0 Å². The van der Waals surface area contributed by atoms with Gasteiger partial charge in [0.25, 0.3) is 5.91 Å². The van der Waals surface area contributed by atoms with Gasteiger partial charge in [0, 0.05) is 37.3 Å². The zero-order valence-corrected chi connectivity index (χ0v) is 21.7. The minimum absolute atomic E-state index is 0.0679. The van der Waals surface area contributed by atoms with Crippen molar-refractivity contribution >= 4 is 15.7 Å². The van der Waals surface area contributed by atoms with E-state index in [0.29, 0.717) is 42.3 Å². The maximum absolute atomic E-state index is 13.6. The van der Waals surface area contributed by atoms with Crippen LogP contribution in [-0.4, -0.2) is 79.8 Å². The van der Waals surface area contributed by atoms with Crippen molar-refractivity contribution in [3.63, 3.8) is 0 Å². The highest BCUT2D eigenvalue weighted by atomic mass is 32.2. The molecule has 2 saturated heterocycles. The molecule has 37 heavy (non-hydrogen) atoms. The first-order valence-electron chi connectivity index (χ1n) is 13.1. The third-order valence-electron chi connectivity index (χ3n) is 7.71. The van der Waals surface area contributed by atoms with E-state index in [-0.39, 0.29) is 23.4 Å². The van der Waals surface area contributed by atoms with E-state index in [1.807, 2.05) is 22.9 Å². The molecule has 1 aromatic heterocycles. The Balaban J connectivity index is 1.36. The molecule has 1 atom stereocenters. The topological polar surface area (TPSA) is 84.7 Å². The number of likely N-dealkylation sites (tertiary alicyclic amines) is 1. The number of amides is 1. The number of hydrogen-bond acceptors (Lipinski definition) is 6. The van der Waals surface area contributed by atoms with Crippen LogP contribution < -0.4 is 0 Å². The molecule has 6 rings (SSSR count). The van der Waals surface area contributed by atoms with E-state index in [0.717, 1.165) is 44.6 Å². The third-order valence-corrected chi connectivity index (χ3v) is 9.40. The van der Waals surface area contributed by atoms with Gasteiger partial charge in [0.05, 0.1) is 35.6 Å². The average molecular weight is 521 g/mol. The molecule has 0 bridgehead atoms. The lowest BCUT2D eigenvalue weighted by molar-refractivity contribution is 0.0297. The van der Waals surface area contributed by atoms with E-state index >= 15 is 0 Å². The quantitative estimate of drug-likeness (QED) is 0.514. The van der Waals surface area contributed by atoms with Gasteiger partial charge in [-0.15, -0.1) is 0 Å². The summed E-state index contributed by atoms with van der Waals surface area (Å²) in [6, 6.07) is 17.7. The summed E-state index contributed by atoms with van der Waals surface area (Å²) in [6.07, 6.45) is 2.95. The van der Waals surface area contributed by atoms with Gasteiger partial charge < -0.3 is 14.5 Å². The van der Waals surface area contributed by atoms with E-state index < -0.39 is 9.84 Å². The Morgan fingerprint density at radius 2 is 1.76 bits per heavy atom.